The molecular weight excluding hydrogens is 398 g/mol. The summed E-state index contributed by atoms with van der Waals surface area (Å²) in [6.45, 7) is 1.41. The Bertz CT molecular complexity index is 1300. The Balaban J connectivity index is 1.68. The number of amides is 2. The summed E-state index contributed by atoms with van der Waals surface area (Å²) >= 11 is 6.04. The summed E-state index contributed by atoms with van der Waals surface area (Å²) in [4.78, 5) is 40.9. The van der Waals surface area contributed by atoms with Gasteiger partial charge in [0, 0.05) is 22.9 Å². The third-order valence-corrected chi connectivity index (χ3v) is 4.37. The molecule has 2 heterocycles. The summed E-state index contributed by atoms with van der Waals surface area (Å²) in [5, 5.41) is 10.3. The van der Waals surface area contributed by atoms with E-state index in [2.05, 4.69) is 30.3 Å². The van der Waals surface area contributed by atoms with Gasteiger partial charge in [0.1, 0.15) is 5.69 Å². The number of halogens is 1. The van der Waals surface area contributed by atoms with Gasteiger partial charge in [0.25, 0.3) is 5.91 Å². The van der Waals surface area contributed by atoms with Gasteiger partial charge in [-0.2, -0.15) is 0 Å². The minimum Gasteiger partial charge on any atom is -0.349 e. The van der Waals surface area contributed by atoms with Crippen LogP contribution in [-0.2, 0) is 4.79 Å². The van der Waals surface area contributed by atoms with Crippen molar-refractivity contribution in [3.63, 3.8) is 0 Å². The van der Waals surface area contributed by atoms with E-state index in [9.17, 15) is 14.4 Å². The van der Waals surface area contributed by atoms with E-state index < -0.39 is 11.7 Å². The Hall–Kier alpha value is -3.85. The fraction of sp³-hybridized carbons (Fsp3) is 0.0526. The van der Waals surface area contributed by atoms with Crippen LogP contribution in [0.4, 0.5) is 11.4 Å². The molecule has 2 aromatic heterocycles. The molecule has 9 nitrogen and oxygen atoms in total. The van der Waals surface area contributed by atoms with Gasteiger partial charge in [0.2, 0.25) is 5.91 Å². The summed E-state index contributed by atoms with van der Waals surface area (Å²) in [5.74, 6) is -1.23. The molecule has 29 heavy (non-hydrogen) atoms. The normalized spacial score (nSPS) is 10.8. The lowest BCUT2D eigenvalue weighted by Crippen LogP contribution is -2.13. The lowest BCUT2D eigenvalue weighted by molar-refractivity contribution is -0.114. The lowest BCUT2D eigenvalue weighted by Gasteiger charge is -2.09. The van der Waals surface area contributed by atoms with E-state index >= 15 is 0 Å². The number of benzene rings is 2. The second-order valence-electron chi connectivity index (χ2n) is 6.22. The van der Waals surface area contributed by atoms with Crippen molar-refractivity contribution < 1.29 is 14.1 Å². The summed E-state index contributed by atoms with van der Waals surface area (Å²) < 4.78 is 4.53. The highest BCUT2D eigenvalue weighted by molar-refractivity contribution is 6.31. The zero-order valence-corrected chi connectivity index (χ0v) is 15.8. The molecule has 0 spiro atoms. The molecule has 2 amide bonds. The van der Waals surface area contributed by atoms with Gasteiger partial charge in [0.05, 0.1) is 16.9 Å². The number of nitrogens with zero attached hydrogens (tertiary/aromatic N) is 1. The summed E-state index contributed by atoms with van der Waals surface area (Å²) in [6, 6.07) is 11.7. The van der Waals surface area contributed by atoms with E-state index in [4.69, 9.17) is 11.6 Å². The second kappa shape index (κ2) is 7.28. The molecule has 4 aromatic rings. The number of carbonyl (C=O) groups excluding carboxylic acids is 2. The van der Waals surface area contributed by atoms with Crippen LogP contribution in [0.15, 0.2) is 51.8 Å². The smallest absolute Gasteiger partial charge is 0.349 e. The van der Waals surface area contributed by atoms with Crippen LogP contribution in [0.5, 0.6) is 0 Å². The van der Waals surface area contributed by atoms with Crippen molar-refractivity contribution in [2.45, 2.75) is 6.92 Å². The molecule has 0 aliphatic heterocycles. The Labute approximate surface area is 168 Å². The lowest BCUT2D eigenvalue weighted by atomic mass is 10.1. The standard InChI is InChI=1S/C19H14ClN5O4/c1-9(26)21-14-4-2-3-10-7-15(22-16(10)14)18(27)23-13-6-5-11(20)8-12(13)17-24-19(28)29-25-17/h2-8,22H,1H3,(H,21,26)(H,23,27)(H,24,25,28). The van der Waals surface area contributed by atoms with E-state index in [1.165, 1.54) is 6.92 Å². The van der Waals surface area contributed by atoms with Crippen molar-refractivity contribution in [3.8, 4) is 11.4 Å². The van der Waals surface area contributed by atoms with Crippen molar-refractivity contribution >= 4 is 45.7 Å². The first-order valence-corrected chi connectivity index (χ1v) is 8.85. The number of hydrogen-bond donors (Lipinski definition) is 4. The van der Waals surface area contributed by atoms with E-state index in [1.807, 2.05) is 6.07 Å². The van der Waals surface area contributed by atoms with Gasteiger partial charge in [-0.15, -0.1) is 0 Å². The van der Waals surface area contributed by atoms with Crippen molar-refractivity contribution in [2.75, 3.05) is 10.6 Å². The highest BCUT2D eigenvalue weighted by Crippen LogP contribution is 2.29. The molecule has 0 saturated heterocycles. The van der Waals surface area contributed by atoms with Crippen molar-refractivity contribution in [3.05, 3.63) is 63.7 Å². The number of nitrogens with one attached hydrogen (secondary N) is 4. The van der Waals surface area contributed by atoms with Gasteiger partial charge in [-0.1, -0.05) is 28.9 Å². The van der Waals surface area contributed by atoms with E-state index in [1.54, 1.807) is 36.4 Å². The number of rotatable bonds is 4. The average Bonchev–Trinajstić information content (AvgIpc) is 3.29. The number of hydrogen-bond acceptors (Lipinski definition) is 5. The van der Waals surface area contributed by atoms with Gasteiger partial charge in [-0.25, -0.2) is 4.79 Å². The predicted octanol–water partition coefficient (Wildman–Crippen LogP) is 3.38. The maximum absolute atomic E-state index is 12.8. The number of aromatic amines is 2. The second-order valence-corrected chi connectivity index (χ2v) is 6.66. The Kier molecular flexibility index (Phi) is 4.65. The quantitative estimate of drug-likeness (QED) is 0.408. The van der Waals surface area contributed by atoms with Crippen molar-refractivity contribution in [2.24, 2.45) is 0 Å². The van der Waals surface area contributed by atoms with Gasteiger partial charge in [-0.3, -0.25) is 19.1 Å². The van der Waals surface area contributed by atoms with E-state index in [0.717, 1.165) is 5.39 Å². The summed E-state index contributed by atoms with van der Waals surface area (Å²) in [5.41, 5.74) is 2.26. The minimum absolute atomic E-state index is 0.136. The zero-order chi connectivity index (χ0) is 20.5. The molecule has 0 saturated carbocycles. The number of fused-ring (bicyclic) bond motifs is 1. The molecule has 2 aromatic carbocycles. The van der Waals surface area contributed by atoms with Gasteiger partial charge in [-0.05, 0) is 30.3 Å². The SMILES string of the molecule is CC(=O)Nc1cccc2cc(C(=O)Nc3ccc(Cl)cc3-c3noc(=O)[nH]3)[nH]c12. The molecule has 0 fully saturated rings. The van der Waals surface area contributed by atoms with Gasteiger partial charge in [0.15, 0.2) is 5.82 Å². The van der Waals surface area contributed by atoms with E-state index in [-0.39, 0.29) is 17.4 Å². The highest BCUT2D eigenvalue weighted by Gasteiger charge is 2.16. The highest BCUT2D eigenvalue weighted by atomic mass is 35.5. The maximum atomic E-state index is 12.8. The predicted molar refractivity (Wildman–Crippen MR) is 108 cm³/mol. The molecule has 4 N–H and O–H groups in total. The largest absolute Gasteiger partial charge is 0.439 e. The molecule has 0 aliphatic rings. The number of H-pyrrole nitrogens is 2. The zero-order valence-electron chi connectivity index (χ0n) is 15.0. The molecule has 146 valence electrons. The van der Waals surface area contributed by atoms with Crippen molar-refractivity contribution in [1.29, 1.82) is 0 Å². The molecule has 0 radical (unpaired) electrons. The molecule has 0 bridgehead atoms. The van der Waals surface area contributed by atoms with Crippen LogP contribution in [0.3, 0.4) is 0 Å². The number of anilines is 2. The summed E-state index contributed by atoms with van der Waals surface area (Å²) in [7, 11) is 0. The van der Waals surface area contributed by atoms with Gasteiger partial charge >= 0.3 is 5.76 Å². The van der Waals surface area contributed by atoms with Crippen LogP contribution >= 0.6 is 11.6 Å². The van der Waals surface area contributed by atoms with Crippen LogP contribution in [0.1, 0.15) is 17.4 Å². The topological polar surface area (TPSA) is 133 Å². The van der Waals surface area contributed by atoms with Gasteiger partial charge < -0.3 is 15.6 Å². The first-order chi connectivity index (χ1) is 13.9. The van der Waals surface area contributed by atoms with Crippen molar-refractivity contribution in [1.82, 2.24) is 15.1 Å². The monoisotopic (exact) mass is 411 g/mol. The fourth-order valence-electron chi connectivity index (χ4n) is 2.93. The Morgan fingerprint density at radius 2 is 1.90 bits per heavy atom. The first-order valence-electron chi connectivity index (χ1n) is 8.47. The molecule has 0 unspecified atom stereocenters. The van der Waals surface area contributed by atoms with Crippen LogP contribution < -0.4 is 16.4 Å². The van der Waals surface area contributed by atoms with Crippen LogP contribution in [0, 0.1) is 0 Å². The van der Waals surface area contributed by atoms with E-state index in [0.29, 0.717) is 27.5 Å². The average molecular weight is 412 g/mol. The van der Waals surface area contributed by atoms with Crippen LogP contribution in [-0.4, -0.2) is 26.9 Å². The molecule has 0 aliphatic carbocycles. The fourth-order valence-corrected chi connectivity index (χ4v) is 3.10. The minimum atomic E-state index is -0.724. The molecule has 0 atom stereocenters. The van der Waals surface area contributed by atoms with Crippen LogP contribution in [0.2, 0.25) is 5.02 Å². The third kappa shape index (κ3) is 3.76. The number of para-hydroxylation sites is 1. The number of carbonyl (C=O) groups is 2. The molecule has 10 heteroatoms. The summed E-state index contributed by atoms with van der Waals surface area (Å²) in [6.07, 6.45) is 0. The first kappa shape index (κ1) is 18.5. The Morgan fingerprint density at radius 3 is 2.62 bits per heavy atom. The molecule has 4 rings (SSSR count). The van der Waals surface area contributed by atoms with Crippen LogP contribution in [0.25, 0.3) is 22.3 Å². The molecular formula is C19H14ClN5O4. The Morgan fingerprint density at radius 1 is 1.07 bits per heavy atom. The number of aromatic nitrogens is 3. The third-order valence-electron chi connectivity index (χ3n) is 4.14. The maximum Gasteiger partial charge on any atom is 0.439 e.